The van der Waals surface area contributed by atoms with Gasteiger partial charge in [-0.15, -0.1) is 0 Å². The Hall–Kier alpha value is -2.34. The zero-order valence-electron chi connectivity index (χ0n) is 11.2. The van der Waals surface area contributed by atoms with Gasteiger partial charge in [-0.1, -0.05) is 33.2 Å². The van der Waals surface area contributed by atoms with Crippen molar-refractivity contribution in [2.75, 3.05) is 5.73 Å². The number of nitrogens with two attached hydrogens (primary N) is 1. The Balaban J connectivity index is 2.06. The first-order valence-electron chi connectivity index (χ1n) is 6.24. The lowest BCUT2D eigenvalue weighted by molar-refractivity contribution is 0.426. The Kier molecular flexibility index (Phi) is 3.39. The van der Waals surface area contributed by atoms with E-state index in [1.165, 1.54) is 0 Å². The SMILES string of the molecule is Cc1ccc(-c2noc(-c3cccc(N)c3O)n2)c(Br)c1. The predicted molar refractivity (Wildman–Crippen MR) is 83.7 cm³/mol. The van der Waals surface area contributed by atoms with Gasteiger partial charge in [0.1, 0.15) is 0 Å². The number of phenols is 1. The lowest BCUT2D eigenvalue weighted by Gasteiger charge is -2.02. The topological polar surface area (TPSA) is 85.2 Å². The van der Waals surface area contributed by atoms with Crippen LogP contribution >= 0.6 is 15.9 Å². The summed E-state index contributed by atoms with van der Waals surface area (Å²) >= 11 is 3.48. The smallest absolute Gasteiger partial charge is 0.262 e. The van der Waals surface area contributed by atoms with Crippen LogP contribution in [0.3, 0.4) is 0 Å². The largest absolute Gasteiger partial charge is 0.505 e. The third kappa shape index (κ3) is 2.50. The van der Waals surface area contributed by atoms with E-state index in [1.807, 2.05) is 25.1 Å². The van der Waals surface area contributed by atoms with Crippen LogP contribution in [-0.2, 0) is 0 Å². The van der Waals surface area contributed by atoms with Crippen LogP contribution in [0.5, 0.6) is 5.75 Å². The molecular weight excluding hydrogens is 334 g/mol. The maximum absolute atomic E-state index is 9.96. The number of anilines is 1. The molecule has 0 spiro atoms. The van der Waals surface area contributed by atoms with E-state index in [1.54, 1.807) is 18.2 Å². The molecule has 6 heteroatoms. The van der Waals surface area contributed by atoms with Gasteiger partial charge >= 0.3 is 0 Å². The normalized spacial score (nSPS) is 10.8. The van der Waals surface area contributed by atoms with Crippen LogP contribution in [0.25, 0.3) is 22.8 Å². The van der Waals surface area contributed by atoms with Crippen LogP contribution in [0.15, 0.2) is 45.4 Å². The zero-order valence-corrected chi connectivity index (χ0v) is 12.8. The van der Waals surface area contributed by atoms with Gasteiger partial charge in [0.05, 0.1) is 11.3 Å². The molecule has 0 aliphatic rings. The Morgan fingerprint density at radius 3 is 2.76 bits per heavy atom. The highest BCUT2D eigenvalue weighted by Gasteiger charge is 2.16. The van der Waals surface area contributed by atoms with Gasteiger partial charge in [0.2, 0.25) is 5.82 Å². The minimum absolute atomic E-state index is 0.0596. The van der Waals surface area contributed by atoms with Gasteiger partial charge < -0.3 is 15.4 Å². The minimum atomic E-state index is -0.0596. The summed E-state index contributed by atoms with van der Waals surface area (Å²) in [5.74, 6) is 0.608. The average molecular weight is 346 g/mol. The molecule has 2 aromatic carbocycles. The highest BCUT2D eigenvalue weighted by Crippen LogP contribution is 2.34. The van der Waals surface area contributed by atoms with E-state index >= 15 is 0 Å². The van der Waals surface area contributed by atoms with Gasteiger partial charge in [0.15, 0.2) is 5.75 Å². The molecule has 1 aromatic heterocycles. The number of phenolic OH excluding ortho intramolecular Hbond substituents is 1. The van der Waals surface area contributed by atoms with Crippen LogP contribution in [-0.4, -0.2) is 15.2 Å². The van der Waals surface area contributed by atoms with E-state index < -0.39 is 0 Å². The third-order valence-electron chi connectivity index (χ3n) is 3.09. The molecule has 3 rings (SSSR count). The summed E-state index contributed by atoms with van der Waals surface area (Å²) in [7, 11) is 0. The van der Waals surface area contributed by atoms with Crippen molar-refractivity contribution < 1.29 is 9.63 Å². The van der Waals surface area contributed by atoms with Crippen LogP contribution in [0.1, 0.15) is 5.56 Å². The van der Waals surface area contributed by atoms with Crippen molar-refractivity contribution in [2.45, 2.75) is 6.92 Å². The summed E-state index contributed by atoms with van der Waals surface area (Å²) in [6, 6.07) is 10.8. The zero-order chi connectivity index (χ0) is 15.0. The molecule has 3 N–H and O–H groups in total. The Bertz CT molecular complexity index is 814. The van der Waals surface area contributed by atoms with Gasteiger partial charge in [-0.3, -0.25) is 0 Å². The van der Waals surface area contributed by atoms with Gasteiger partial charge in [0, 0.05) is 10.0 Å². The number of rotatable bonds is 2. The standard InChI is InChI=1S/C15H12BrN3O2/c1-8-5-6-9(11(16)7-8)14-18-15(21-19-14)10-3-2-4-12(17)13(10)20/h2-7,20H,17H2,1H3. The predicted octanol–water partition coefficient (Wildman–Crippen LogP) is 3.76. The van der Waals surface area contributed by atoms with E-state index in [4.69, 9.17) is 10.3 Å². The summed E-state index contributed by atoms with van der Waals surface area (Å²) in [5.41, 5.74) is 8.30. The quantitative estimate of drug-likeness (QED) is 0.545. The fourth-order valence-corrected chi connectivity index (χ4v) is 2.65. The van der Waals surface area contributed by atoms with Gasteiger partial charge in [-0.2, -0.15) is 4.98 Å². The Labute approximate surface area is 129 Å². The number of nitrogens with zero attached hydrogens (tertiary/aromatic N) is 2. The first kappa shape index (κ1) is 13.6. The molecule has 0 aliphatic carbocycles. The fraction of sp³-hybridized carbons (Fsp3) is 0.0667. The number of benzene rings is 2. The van der Waals surface area contributed by atoms with Crippen molar-refractivity contribution in [3.05, 3.63) is 46.4 Å². The molecule has 5 nitrogen and oxygen atoms in total. The third-order valence-corrected chi connectivity index (χ3v) is 3.75. The van der Waals surface area contributed by atoms with Gasteiger partial charge in [0.25, 0.3) is 5.89 Å². The number of aromatic nitrogens is 2. The molecule has 1 heterocycles. The van der Waals surface area contributed by atoms with E-state index in [9.17, 15) is 5.11 Å². The highest BCUT2D eigenvalue weighted by atomic mass is 79.9. The van der Waals surface area contributed by atoms with Crippen LogP contribution in [0.2, 0.25) is 0 Å². The maximum atomic E-state index is 9.96. The second-order valence-corrected chi connectivity index (χ2v) is 5.50. The monoisotopic (exact) mass is 345 g/mol. The first-order chi connectivity index (χ1) is 10.1. The second-order valence-electron chi connectivity index (χ2n) is 4.65. The molecule has 0 radical (unpaired) electrons. The van der Waals surface area contributed by atoms with Crippen molar-refractivity contribution in [2.24, 2.45) is 0 Å². The fourth-order valence-electron chi connectivity index (χ4n) is 1.98. The molecule has 0 atom stereocenters. The van der Waals surface area contributed by atoms with Crippen molar-refractivity contribution in [3.8, 4) is 28.6 Å². The van der Waals surface area contributed by atoms with E-state index in [0.29, 0.717) is 11.4 Å². The minimum Gasteiger partial charge on any atom is -0.505 e. The molecule has 0 amide bonds. The van der Waals surface area contributed by atoms with Crippen molar-refractivity contribution >= 4 is 21.6 Å². The number of hydrogen-bond donors (Lipinski definition) is 2. The number of hydrogen-bond acceptors (Lipinski definition) is 5. The Morgan fingerprint density at radius 2 is 2.00 bits per heavy atom. The van der Waals surface area contributed by atoms with Crippen molar-refractivity contribution in [3.63, 3.8) is 0 Å². The van der Waals surface area contributed by atoms with Crippen molar-refractivity contribution in [1.82, 2.24) is 10.1 Å². The maximum Gasteiger partial charge on any atom is 0.262 e. The molecule has 0 saturated carbocycles. The lowest BCUT2D eigenvalue weighted by atomic mass is 10.1. The van der Waals surface area contributed by atoms with E-state index in [-0.39, 0.29) is 17.3 Å². The molecule has 0 aliphatic heterocycles. The molecule has 0 fully saturated rings. The Morgan fingerprint density at radius 1 is 1.19 bits per heavy atom. The number of para-hydroxylation sites is 1. The van der Waals surface area contributed by atoms with Crippen LogP contribution < -0.4 is 5.73 Å². The molecule has 0 bridgehead atoms. The number of aryl methyl sites for hydroxylation is 1. The average Bonchev–Trinajstić information content (AvgIpc) is 2.91. The highest BCUT2D eigenvalue weighted by molar-refractivity contribution is 9.10. The summed E-state index contributed by atoms with van der Waals surface area (Å²) in [6.07, 6.45) is 0. The summed E-state index contributed by atoms with van der Waals surface area (Å²) in [5, 5.41) is 13.9. The number of aromatic hydroxyl groups is 1. The molecule has 106 valence electrons. The molecule has 0 unspecified atom stereocenters. The second kappa shape index (κ2) is 5.21. The summed E-state index contributed by atoms with van der Waals surface area (Å²) in [6.45, 7) is 2.00. The molecule has 3 aromatic rings. The van der Waals surface area contributed by atoms with Crippen LogP contribution in [0, 0.1) is 6.92 Å². The van der Waals surface area contributed by atoms with Crippen LogP contribution in [0.4, 0.5) is 5.69 Å². The van der Waals surface area contributed by atoms with Crippen molar-refractivity contribution in [1.29, 1.82) is 0 Å². The van der Waals surface area contributed by atoms with Gasteiger partial charge in [-0.25, -0.2) is 0 Å². The van der Waals surface area contributed by atoms with E-state index in [2.05, 4.69) is 26.1 Å². The summed E-state index contributed by atoms with van der Waals surface area (Å²) < 4.78 is 6.11. The lowest BCUT2D eigenvalue weighted by Crippen LogP contribution is -1.88. The summed E-state index contributed by atoms with van der Waals surface area (Å²) in [4.78, 5) is 4.32. The first-order valence-corrected chi connectivity index (χ1v) is 7.03. The number of halogens is 1. The molecule has 0 saturated heterocycles. The van der Waals surface area contributed by atoms with Gasteiger partial charge in [-0.05, 0) is 36.8 Å². The molecular formula is C15H12BrN3O2. The van der Waals surface area contributed by atoms with E-state index in [0.717, 1.165) is 15.6 Å². The number of nitrogen functional groups attached to an aromatic ring is 1. The molecule has 21 heavy (non-hydrogen) atoms.